The highest BCUT2D eigenvalue weighted by atomic mass is 32.2. The van der Waals surface area contributed by atoms with Gasteiger partial charge in [-0.2, -0.15) is 5.26 Å². The van der Waals surface area contributed by atoms with Crippen LogP contribution in [0.15, 0.2) is 29.2 Å². The van der Waals surface area contributed by atoms with Crippen LogP contribution in [-0.4, -0.2) is 38.5 Å². The minimum Gasteiger partial charge on any atom is -0.392 e. The molecule has 0 radical (unpaired) electrons. The molecular weight excluding hydrogens is 252 g/mol. The first-order chi connectivity index (χ1) is 8.45. The van der Waals surface area contributed by atoms with E-state index in [4.69, 9.17) is 10.4 Å². The lowest BCUT2D eigenvalue weighted by atomic mass is 10.2. The normalized spacial score (nSPS) is 12.9. The van der Waals surface area contributed by atoms with E-state index in [1.54, 1.807) is 19.1 Å². The van der Waals surface area contributed by atoms with Crippen molar-refractivity contribution in [2.24, 2.45) is 0 Å². The predicted molar refractivity (Wildman–Crippen MR) is 67.8 cm³/mol. The summed E-state index contributed by atoms with van der Waals surface area (Å²) in [7, 11) is -3.39. The number of nitriles is 1. The van der Waals surface area contributed by atoms with Crippen LogP contribution >= 0.6 is 0 Å². The van der Waals surface area contributed by atoms with E-state index in [-0.39, 0.29) is 17.2 Å². The first-order valence-electron chi connectivity index (χ1n) is 5.57. The Morgan fingerprint density at radius 3 is 2.83 bits per heavy atom. The van der Waals surface area contributed by atoms with Gasteiger partial charge in [0.25, 0.3) is 0 Å². The third-order valence-electron chi connectivity index (χ3n) is 2.31. The van der Waals surface area contributed by atoms with Gasteiger partial charge in [-0.15, -0.1) is 0 Å². The summed E-state index contributed by atoms with van der Waals surface area (Å²) in [5.74, 6) is -0.0609. The number of nitrogens with zero attached hydrogens (tertiary/aromatic N) is 1. The Morgan fingerprint density at radius 2 is 2.22 bits per heavy atom. The highest BCUT2D eigenvalue weighted by molar-refractivity contribution is 7.91. The van der Waals surface area contributed by atoms with E-state index in [0.29, 0.717) is 12.1 Å². The van der Waals surface area contributed by atoms with Crippen molar-refractivity contribution in [1.82, 2.24) is 5.32 Å². The summed E-state index contributed by atoms with van der Waals surface area (Å²) in [4.78, 5) is 0.153. The average molecular weight is 268 g/mol. The van der Waals surface area contributed by atoms with Crippen molar-refractivity contribution in [3.8, 4) is 6.07 Å². The highest BCUT2D eigenvalue weighted by Crippen LogP contribution is 2.12. The van der Waals surface area contributed by atoms with E-state index in [9.17, 15) is 8.42 Å². The number of benzene rings is 1. The smallest absolute Gasteiger partial charge is 0.179 e. The molecule has 1 atom stereocenters. The largest absolute Gasteiger partial charge is 0.392 e. The van der Waals surface area contributed by atoms with Crippen LogP contribution in [0, 0.1) is 11.3 Å². The van der Waals surface area contributed by atoms with Gasteiger partial charge in [0.1, 0.15) is 0 Å². The van der Waals surface area contributed by atoms with Gasteiger partial charge in [0, 0.05) is 13.1 Å². The van der Waals surface area contributed by atoms with E-state index in [1.165, 1.54) is 12.1 Å². The van der Waals surface area contributed by atoms with Crippen LogP contribution in [0.3, 0.4) is 0 Å². The first-order valence-corrected chi connectivity index (χ1v) is 7.22. The summed E-state index contributed by atoms with van der Waals surface area (Å²) in [6.07, 6.45) is -0.505. The second kappa shape index (κ2) is 6.50. The maximum Gasteiger partial charge on any atom is 0.179 e. The lowest BCUT2D eigenvalue weighted by Crippen LogP contribution is -2.29. The van der Waals surface area contributed by atoms with Crippen molar-refractivity contribution in [3.05, 3.63) is 29.8 Å². The van der Waals surface area contributed by atoms with Gasteiger partial charge >= 0.3 is 0 Å². The van der Waals surface area contributed by atoms with Crippen molar-refractivity contribution in [3.63, 3.8) is 0 Å². The minimum absolute atomic E-state index is 0.0609. The summed E-state index contributed by atoms with van der Waals surface area (Å²) < 4.78 is 23.9. The molecule has 1 aromatic rings. The summed E-state index contributed by atoms with van der Waals surface area (Å²) in [5, 5.41) is 20.6. The van der Waals surface area contributed by atoms with Gasteiger partial charge in [0.2, 0.25) is 0 Å². The number of rotatable bonds is 6. The van der Waals surface area contributed by atoms with Gasteiger partial charge in [-0.3, -0.25) is 0 Å². The summed E-state index contributed by atoms with van der Waals surface area (Å²) in [6, 6.07) is 7.86. The number of hydrogen-bond donors (Lipinski definition) is 2. The minimum atomic E-state index is -3.39. The number of hydrogen-bond acceptors (Lipinski definition) is 5. The Hall–Kier alpha value is -1.42. The molecule has 18 heavy (non-hydrogen) atoms. The van der Waals surface area contributed by atoms with Gasteiger partial charge in [-0.25, -0.2) is 8.42 Å². The van der Waals surface area contributed by atoms with Crippen molar-refractivity contribution in [1.29, 1.82) is 5.26 Å². The Labute approximate surface area is 107 Å². The average Bonchev–Trinajstić information content (AvgIpc) is 2.34. The van der Waals surface area contributed by atoms with Crippen molar-refractivity contribution < 1.29 is 13.5 Å². The summed E-state index contributed by atoms with van der Waals surface area (Å²) in [5.41, 5.74) is 0.327. The highest BCUT2D eigenvalue weighted by Gasteiger charge is 2.14. The van der Waals surface area contributed by atoms with Crippen LogP contribution in [0.4, 0.5) is 0 Å². The topological polar surface area (TPSA) is 90.2 Å². The van der Waals surface area contributed by atoms with Crippen LogP contribution in [-0.2, 0) is 9.84 Å². The standard InChI is InChI=1S/C12H16N2O3S/c1-10(15)9-14-5-6-18(16,17)12-4-2-3-11(7-12)8-13/h2-4,7,10,14-15H,5-6,9H2,1H3. The first kappa shape index (κ1) is 14.6. The molecule has 1 aromatic carbocycles. The Kier molecular flexibility index (Phi) is 5.28. The molecular formula is C12H16N2O3S. The molecule has 5 nitrogen and oxygen atoms in total. The number of sulfone groups is 1. The van der Waals surface area contributed by atoms with E-state index in [2.05, 4.69) is 5.32 Å². The van der Waals surface area contributed by atoms with Gasteiger partial charge in [-0.05, 0) is 25.1 Å². The Morgan fingerprint density at radius 1 is 1.50 bits per heavy atom. The Balaban J connectivity index is 2.66. The second-order valence-electron chi connectivity index (χ2n) is 4.01. The number of aliphatic hydroxyl groups excluding tert-OH is 1. The molecule has 0 aliphatic rings. The SMILES string of the molecule is CC(O)CNCCS(=O)(=O)c1cccc(C#N)c1. The van der Waals surface area contributed by atoms with Gasteiger partial charge in [0.05, 0.1) is 28.4 Å². The second-order valence-corrected chi connectivity index (χ2v) is 6.12. The lowest BCUT2D eigenvalue weighted by molar-refractivity contribution is 0.192. The van der Waals surface area contributed by atoms with Crippen LogP contribution in [0.5, 0.6) is 0 Å². The zero-order chi connectivity index (χ0) is 13.6. The molecule has 0 spiro atoms. The molecule has 0 saturated carbocycles. The molecule has 0 heterocycles. The van der Waals surface area contributed by atoms with Gasteiger partial charge in [-0.1, -0.05) is 6.07 Å². The lowest BCUT2D eigenvalue weighted by Gasteiger charge is -2.07. The molecule has 6 heteroatoms. The Bertz CT molecular complexity index is 532. The summed E-state index contributed by atoms with van der Waals surface area (Å²) in [6.45, 7) is 2.25. The van der Waals surface area contributed by atoms with Crippen LogP contribution in [0.25, 0.3) is 0 Å². The van der Waals surface area contributed by atoms with Crippen LogP contribution in [0.2, 0.25) is 0 Å². The molecule has 0 aliphatic heterocycles. The molecule has 0 aliphatic carbocycles. The molecule has 1 unspecified atom stereocenters. The van der Waals surface area contributed by atoms with E-state index >= 15 is 0 Å². The molecule has 0 bridgehead atoms. The van der Waals surface area contributed by atoms with Crippen molar-refractivity contribution in [2.45, 2.75) is 17.9 Å². The third kappa shape index (κ3) is 4.45. The quantitative estimate of drug-likeness (QED) is 0.724. The molecule has 0 fully saturated rings. The predicted octanol–water partition coefficient (Wildman–Crippen LogP) is 0.302. The maximum absolute atomic E-state index is 11.9. The molecule has 0 aromatic heterocycles. The fraction of sp³-hybridized carbons (Fsp3) is 0.417. The zero-order valence-corrected chi connectivity index (χ0v) is 10.9. The van der Waals surface area contributed by atoms with Crippen molar-refractivity contribution in [2.75, 3.05) is 18.8 Å². The molecule has 0 amide bonds. The fourth-order valence-electron chi connectivity index (χ4n) is 1.39. The van der Waals surface area contributed by atoms with Crippen LogP contribution in [0.1, 0.15) is 12.5 Å². The van der Waals surface area contributed by atoms with E-state index < -0.39 is 15.9 Å². The summed E-state index contributed by atoms with van der Waals surface area (Å²) >= 11 is 0. The molecule has 98 valence electrons. The zero-order valence-electron chi connectivity index (χ0n) is 10.1. The van der Waals surface area contributed by atoms with Gasteiger partial charge < -0.3 is 10.4 Å². The number of aliphatic hydroxyl groups is 1. The van der Waals surface area contributed by atoms with Crippen molar-refractivity contribution >= 4 is 9.84 Å². The monoisotopic (exact) mass is 268 g/mol. The van der Waals surface area contributed by atoms with E-state index in [0.717, 1.165) is 0 Å². The number of nitrogens with one attached hydrogen (secondary N) is 1. The maximum atomic E-state index is 11.9. The third-order valence-corrected chi connectivity index (χ3v) is 4.02. The molecule has 0 saturated heterocycles. The fourth-order valence-corrected chi connectivity index (χ4v) is 2.64. The molecule has 1 rings (SSSR count). The van der Waals surface area contributed by atoms with E-state index in [1.807, 2.05) is 6.07 Å². The van der Waals surface area contributed by atoms with Crippen LogP contribution < -0.4 is 5.32 Å². The van der Waals surface area contributed by atoms with Gasteiger partial charge in [0.15, 0.2) is 9.84 Å². The molecule has 2 N–H and O–H groups in total.